The number of thioether (sulfide) groups is 1. The van der Waals surface area contributed by atoms with E-state index in [4.69, 9.17) is 12.2 Å². The molecular weight excluding hydrogens is 442 g/mol. The fraction of sp³-hybridized carbons (Fsp3) is 0.565. The molecule has 9 heteroatoms. The Morgan fingerprint density at radius 2 is 1.88 bits per heavy atom. The van der Waals surface area contributed by atoms with Crippen LogP contribution in [0.5, 0.6) is 0 Å². The molecule has 2 aliphatic rings. The Hall–Kier alpha value is -2.15. The van der Waals surface area contributed by atoms with Crippen LogP contribution in [-0.2, 0) is 11.3 Å². The summed E-state index contributed by atoms with van der Waals surface area (Å²) in [6.45, 7) is 11.7. The average molecular weight is 474 g/mol. The highest BCUT2D eigenvalue weighted by Gasteiger charge is 2.35. The van der Waals surface area contributed by atoms with E-state index in [1.807, 2.05) is 26.8 Å². The van der Waals surface area contributed by atoms with E-state index in [9.17, 15) is 14.9 Å². The summed E-state index contributed by atoms with van der Waals surface area (Å²) in [5.41, 5.74) is 1.27. The third-order valence-corrected chi connectivity index (χ3v) is 7.56. The van der Waals surface area contributed by atoms with Gasteiger partial charge in [-0.1, -0.05) is 37.8 Å². The van der Waals surface area contributed by atoms with E-state index in [0.717, 1.165) is 50.4 Å². The van der Waals surface area contributed by atoms with Crippen LogP contribution in [0.3, 0.4) is 0 Å². The lowest BCUT2D eigenvalue weighted by Crippen LogP contribution is -2.47. The number of thiocarbonyl (C=S) groups is 1. The smallest absolute Gasteiger partial charge is 0.270 e. The van der Waals surface area contributed by atoms with Gasteiger partial charge in [-0.3, -0.25) is 19.1 Å². The summed E-state index contributed by atoms with van der Waals surface area (Å²) in [4.78, 5) is 33.1. The second-order valence-electron chi connectivity index (χ2n) is 8.41. The summed E-state index contributed by atoms with van der Waals surface area (Å²) < 4.78 is 2.27. The first-order valence-corrected chi connectivity index (χ1v) is 12.4. The number of hydrogen-bond donors (Lipinski definition) is 0. The van der Waals surface area contributed by atoms with Crippen molar-refractivity contribution in [3.05, 3.63) is 31.9 Å². The molecule has 2 aliphatic heterocycles. The molecule has 0 N–H and O–H groups in total. The highest BCUT2D eigenvalue weighted by atomic mass is 32.2. The highest BCUT2D eigenvalue weighted by Crippen LogP contribution is 2.37. The minimum Gasteiger partial charge on any atom is -0.355 e. The van der Waals surface area contributed by atoms with Gasteiger partial charge >= 0.3 is 0 Å². The first kappa shape index (κ1) is 24.5. The molecule has 1 aromatic rings. The van der Waals surface area contributed by atoms with Crippen LogP contribution in [0.25, 0.3) is 6.08 Å². The predicted octanol–water partition coefficient (Wildman–Crippen LogP) is 3.19. The van der Waals surface area contributed by atoms with Crippen molar-refractivity contribution in [1.82, 2.24) is 14.4 Å². The quantitative estimate of drug-likeness (QED) is 0.464. The number of aromatic nitrogens is 1. The van der Waals surface area contributed by atoms with Crippen LogP contribution in [0.15, 0.2) is 9.70 Å². The molecule has 3 heterocycles. The van der Waals surface area contributed by atoms with Gasteiger partial charge in [0.1, 0.15) is 21.8 Å². The van der Waals surface area contributed by atoms with Crippen LogP contribution in [-0.4, -0.2) is 63.9 Å². The SMILES string of the molecule is CCCn1c(N2CCN(C)CC2)c(/C=C2\SC(=S)N(C(C)CC)C2=O)c(C)c(C#N)c1=O. The van der Waals surface area contributed by atoms with Gasteiger partial charge in [0.15, 0.2) is 0 Å². The molecule has 0 bridgehead atoms. The van der Waals surface area contributed by atoms with E-state index in [1.54, 1.807) is 16.4 Å². The van der Waals surface area contributed by atoms with Crippen molar-refractivity contribution >= 4 is 46.1 Å². The number of anilines is 1. The Kier molecular flexibility index (Phi) is 7.80. The predicted molar refractivity (Wildman–Crippen MR) is 135 cm³/mol. The monoisotopic (exact) mass is 473 g/mol. The normalized spacial score (nSPS) is 19.7. The van der Waals surface area contributed by atoms with Crippen molar-refractivity contribution in [2.75, 3.05) is 38.1 Å². The van der Waals surface area contributed by atoms with Gasteiger partial charge in [0.25, 0.3) is 11.5 Å². The third kappa shape index (κ3) is 4.49. The zero-order valence-electron chi connectivity index (χ0n) is 19.5. The molecule has 0 radical (unpaired) electrons. The van der Waals surface area contributed by atoms with Crippen molar-refractivity contribution in [2.45, 2.75) is 53.1 Å². The standard InChI is InChI=1S/C23H31N5O2S2/c1-6-8-27-20(26-11-9-25(5)10-12-26)17(16(4)18(14-24)21(27)29)13-19-22(30)28(15(3)7-2)23(31)32-19/h13,15H,6-12H2,1-5H3/b19-13-. The minimum atomic E-state index is -0.259. The fourth-order valence-corrected chi connectivity index (χ4v) is 5.55. The summed E-state index contributed by atoms with van der Waals surface area (Å²) in [6, 6.07) is 2.13. The number of carbonyl (C=O) groups excluding carboxylic acids is 1. The van der Waals surface area contributed by atoms with Gasteiger partial charge in [-0.15, -0.1) is 0 Å². The number of amides is 1. The first-order chi connectivity index (χ1) is 15.2. The van der Waals surface area contributed by atoms with Crippen LogP contribution in [0.4, 0.5) is 5.82 Å². The van der Waals surface area contributed by atoms with E-state index < -0.39 is 0 Å². The van der Waals surface area contributed by atoms with Crippen LogP contribution in [0.1, 0.15) is 50.3 Å². The maximum absolute atomic E-state index is 13.2. The van der Waals surface area contributed by atoms with Gasteiger partial charge in [-0.2, -0.15) is 5.26 Å². The lowest BCUT2D eigenvalue weighted by molar-refractivity contribution is -0.123. The van der Waals surface area contributed by atoms with Crippen LogP contribution in [0.2, 0.25) is 0 Å². The summed E-state index contributed by atoms with van der Waals surface area (Å²) >= 11 is 6.79. The third-order valence-electron chi connectivity index (χ3n) is 6.23. The van der Waals surface area contributed by atoms with E-state index in [1.165, 1.54) is 11.8 Å². The molecule has 0 aromatic carbocycles. The van der Waals surface area contributed by atoms with E-state index in [2.05, 4.69) is 22.9 Å². The van der Waals surface area contributed by atoms with E-state index in [0.29, 0.717) is 21.3 Å². The topological polar surface area (TPSA) is 72.6 Å². The second kappa shape index (κ2) is 10.2. The average Bonchev–Trinajstić information content (AvgIpc) is 3.05. The molecule has 7 nitrogen and oxygen atoms in total. The molecule has 2 fully saturated rings. The Bertz CT molecular complexity index is 1050. The number of nitriles is 1. The molecule has 32 heavy (non-hydrogen) atoms. The molecule has 0 aliphatic carbocycles. The summed E-state index contributed by atoms with van der Waals surface area (Å²) in [5.74, 6) is 0.695. The molecule has 3 rings (SSSR count). The lowest BCUT2D eigenvalue weighted by Gasteiger charge is -2.36. The maximum atomic E-state index is 13.2. The van der Waals surface area contributed by atoms with Gasteiger partial charge in [0.05, 0.1) is 4.91 Å². The van der Waals surface area contributed by atoms with Crippen molar-refractivity contribution in [3.63, 3.8) is 0 Å². The van der Waals surface area contributed by atoms with Gasteiger partial charge in [-0.25, -0.2) is 0 Å². The largest absolute Gasteiger partial charge is 0.355 e. The van der Waals surface area contributed by atoms with Gasteiger partial charge < -0.3 is 9.80 Å². The molecule has 172 valence electrons. The number of pyridine rings is 1. The number of rotatable bonds is 6. The van der Waals surface area contributed by atoms with Crippen molar-refractivity contribution < 1.29 is 4.79 Å². The van der Waals surface area contributed by atoms with E-state index in [-0.39, 0.29) is 23.1 Å². The molecule has 0 spiro atoms. The summed E-state index contributed by atoms with van der Waals surface area (Å²) in [5, 5.41) is 9.75. The van der Waals surface area contributed by atoms with Crippen LogP contribution >= 0.6 is 24.0 Å². The molecule has 1 aromatic heterocycles. The van der Waals surface area contributed by atoms with E-state index >= 15 is 0 Å². The maximum Gasteiger partial charge on any atom is 0.270 e. The van der Waals surface area contributed by atoms with Gasteiger partial charge in [-0.05, 0) is 45.4 Å². The second-order valence-corrected chi connectivity index (χ2v) is 10.1. The number of nitrogens with zero attached hydrogens (tertiary/aromatic N) is 5. The molecule has 1 unspecified atom stereocenters. The zero-order valence-corrected chi connectivity index (χ0v) is 21.1. The number of hydrogen-bond acceptors (Lipinski definition) is 7. The number of likely N-dealkylation sites (N-methyl/N-ethyl adjacent to an activating group) is 1. The summed E-state index contributed by atoms with van der Waals surface area (Å²) in [6.07, 6.45) is 3.42. The van der Waals surface area contributed by atoms with Crippen molar-refractivity contribution in [3.8, 4) is 6.07 Å². The van der Waals surface area contributed by atoms with Gasteiger partial charge in [0.2, 0.25) is 0 Å². The highest BCUT2D eigenvalue weighted by molar-refractivity contribution is 8.26. The molecule has 1 atom stereocenters. The van der Waals surface area contributed by atoms with Crippen molar-refractivity contribution in [1.29, 1.82) is 5.26 Å². The Labute approximate surface area is 199 Å². The first-order valence-electron chi connectivity index (χ1n) is 11.1. The molecule has 1 amide bonds. The van der Waals surface area contributed by atoms with Crippen LogP contribution < -0.4 is 10.5 Å². The van der Waals surface area contributed by atoms with Crippen molar-refractivity contribution in [2.24, 2.45) is 0 Å². The molecule has 0 saturated carbocycles. The minimum absolute atomic E-state index is 0.0234. The lowest BCUT2D eigenvalue weighted by atomic mass is 10.0. The molecule has 2 saturated heterocycles. The number of carbonyl (C=O) groups is 1. The summed E-state index contributed by atoms with van der Waals surface area (Å²) in [7, 11) is 2.08. The molecular formula is C23H31N5O2S2. The Morgan fingerprint density at radius 3 is 2.44 bits per heavy atom. The Balaban J connectivity index is 2.22. The zero-order chi connectivity index (χ0) is 23.6. The van der Waals surface area contributed by atoms with Crippen LogP contribution in [0, 0.1) is 18.3 Å². The number of piperazine rings is 1. The fourth-order valence-electron chi connectivity index (χ4n) is 4.11. The van der Waals surface area contributed by atoms with Gasteiger partial charge in [0, 0.05) is 44.3 Å². The Morgan fingerprint density at radius 1 is 1.22 bits per heavy atom.